The first-order valence-corrected chi connectivity index (χ1v) is 26.1. The Balaban J connectivity index is 1.04. The minimum atomic E-state index is -2.02. The van der Waals surface area contributed by atoms with Crippen LogP contribution >= 0.6 is 0 Å². The Labute approximate surface area is 449 Å². The van der Waals surface area contributed by atoms with E-state index in [4.69, 9.17) is 38.4 Å². The Morgan fingerprint density at radius 1 is 0.974 bits per heavy atom. The first kappa shape index (κ1) is 55.5. The molecule has 0 saturated carbocycles. The van der Waals surface area contributed by atoms with Gasteiger partial charge in [0, 0.05) is 98.6 Å². The molecule has 1 fully saturated rings. The molecule has 0 aliphatic carbocycles. The number of aromatic hydroxyl groups is 2. The van der Waals surface area contributed by atoms with Crippen LogP contribution in [0.25, 0.3) is 10.8 Å². The minimum Gasteiger partial charge on any atom is -0.507 e. The third-order valence-corrected chi connectivity index (χ3v) is 15.9. The molecule has 416 valence electrons. The number of nitrogens with one attached hydrogen (secondary N) is 1. The summed E-state index contributed by atoms with van der Waals surface area (Å²) in [4.78, 5) is 68.9. The van der Waals surface area contributed by atoms with Gasteiger partial charge in [0.1, 0.15) is 47.6 Å². The normalized spacial score (nSPS) is 29.7. The molecule has 10 atom stereocenters. The van der Waals surface area contributed by atoms with Crippen molar-refractivity contribution >= 4 is 39.9 Å². The Hall–Kier alpha value is -7.24. The fraction of sp³-hybridized carbons (Fsp3) is 0.500. The van der Waals surface area contributed by atoms with Gasteiger partial charge in [0.25, 0.3) is 11.7 Å². The second kappa shape index (κ2) is 21.9. The third kappa shape index (κ3) is 10.6. The minimum absolute atomic E-state index is 0.000374. The summed E-state index contributed by atoms with van der Waals surface area (Å²) >= 11 is 0. The molecular weight excluding hydrogens is 1010 g/mol. The van der Waals surface area contributed by atoms with Crippen LogP contribution in [-0.2, 0) is 48.2 Å². The highest BCUT2D eigenvalue weighted by molar-refractivity contribution is 6.19. The summed E-state index contributed by atoms with van der Waals surface area (Å²) in [7, 11) is 1.45. The van der Waals surface area contributed by atoms with Gasteiger partial charge in [0.05, 0.1) is 54.0 Å². The lowest BCUT2D eigenvalue weighted by atomic mass is 9.78. The van der Waals surface area contributed by atoms with Gasteiger partial charge in [0.2, 0.25) is 0 Å². The number of benzene rings is 3. The Morgan fingerprint density at radius 2 is 1.69 bits per heavy atom. The summed E-state index contributed by atoms with van der Waals surface area (Å²) in [5.74, 6) is -7.64. The van der Waals surface area contributed by atoms with E-state index in [1.54, 1.807) is 57.4 Å². The number of aliphatic hydroxyl groups excluding tert-OH is 2. The zero-order valence-corrected chi connectivity index (χ0v) is 45.1. The average Bonchev–Trinajstić information content (AvgIpc) is 4.18. The van der Waals surface area contributed by atoms with Gasteiger partial charge in [-0.25, -0.2) is 0 Å². The summed E-state index contributed by atoms with van der Waals surface area (Å²) in [6, 6.07) is 8.19. The Bertz CT molecular complexity index is 3270. The second-order valence-corrected chi connectivity index (χ2v) is 21.4. The lowest BCUT2D eigenvalue weighted by Gasteiger charge is -2.38. The fourth-order valence-electron chi connectivity index (χ4n) is 11.2. The number of phenols is 2. The number of nitrogens with zero attached hydrogens (tertiary/aromatic N) is 6. The molecule has 1 unspecified atom stereocenters. The van der Waals surface area contributed by atoms with Crippen LogP contribution in [0, 0.1) is 40.7 Å². The van der Waals surface area contributed by atoms with Gasteiger partial charge in [0.15, 0.2) is 11.4 Å². The number of ether oxygens (including phenoxy) is 6. The van der Waals surface area contributed by atoms with Crippen molar-refractivity contribution in [2.75, 3.05) is 32.1 Å². The molecule has 1 saturated heterocycles. The van der Waals surface area contributed by atoms with Gasteiger partial charge < -0.3 is 64.3 Å². The summed E-state index contributed by atoms with van der Waals surface area (Å²) in [5, 5.41) is 61.8. The largest absolute Gasteiger partial charge is 0.507 e. The molecule has 1 spiro atoms. The Morgan fingerprint density at radius 3 is 2.40 bits per heavy atom. The maximum absolute atomic E-state index is 15.0. The molecular formula is C56H67N7O15. The van der Waals surface area contributed by atoms with Crippen LogP contribution in [-0.4, -0.2) is 126 Å². The van der Waals surface area contributed by atoms with Crippen LogP contribution in [0.5, 0.6) is 23.3 Å². The number of fused-ring (bicyclic) bond motifs is 2. The smallest absolute Gasteiger partial charge is 0.414 e. The number of anilines is 1. The van der Waals surface area contributed by atoms with Gasteiger partial charge in [-0.2, -0.15) is 0 Å². The number of nitro groups is 1. The number of carbonyl (C=O) groups excluding carboxylic acids is 3. The number of likely N-dealkylation sites (tertiary alicyclic amines) is 1. The summed E-state index contributed by atoms with van der Waals surface area (Å²) < 4.78 is 37.5. The number of imidazole rings is 1. The molecule has 78 heavy (non-hydrogen) atoms. The number of aromatic nitrogens is 2. The molecule has 22 nitrogen and oxygen atoms in total. The molecule has 0 radical (unpaired) electrons. The lowest BCUT2D eigenvalue weighted by Crippen LogP contribution is -2.46. The van der Waals surface area contributed by atoms with Gasteiger partial charge in [-0.05, 0) is 36.0 Å². The number of piperidine rings is 1. The standard InChI is InChI=1S/C56H67N7O15/c1-28-12-10-13-29(2)53(70)58-45-44-43(59-56(60-44)17-19-61(20-18-56)23-35-14-11-15-36(22-35)26-74-37-24-62-25-39(63(71)72)57-54(62)75-27-37)40-41(49(45)68)48(67)33(6)51-42(40)52(69)55(8,78-51)76-21-16-38(73-9)30(3)50(77-34(7)64)32(5)47(66)31(4)46(28)65/h10-16,21-22,25,28,30-32,37-38,46-47,50,65-68H,17-20,23-24,26-27H2,1-9H3,(H,58,70)/b12-10+,21-16+,29-13-/t28-,30+,31+,32+,37?,38-,46-,47+,50+,55-/m0/s1. The number of methoxy groups -OCH3 is 1. The highest BCUT2D eigenvalue weighted by Gasteiger charge is 2.50. The van der Waals surface area contributed by atoms with E-state index in [9.17, 15) is 44.9 Å². The summed E-state index contributed by atoms with van der Waals surface area (Å²) in [6.07, 6.45) is 5.52. The number of amides is 1. The molecule has 3 aromatic carbocycles. The molecule has 5 aliphatic heterocycles. The number of esters is 1. The van der Waals surface area contributed by atoms with E-state index in [0.29, 0.717) is 39.0 Å². The van der Waals surface area contributed by atoms with E-state index in [1.165, 1.54) is 46.4 Å². The maximum Gasteiger partial charge on any atom is 0.414 e. The number of hydrogen-bond donors (Lipinski definition) is 5. The van der Waals surface area contributed by atoms with Crippen molar-refractivity contribution in [2.45, 2.75) is 130 Å². The second-order valence-electron chi connectivity index (χ2n) is 21.4. The van der Waals surface area contributed by atoms with E-state index >= 15 is 0 Å². The van der Waals surface area contributed by atoms with Crippen molar-refractivity contribution in [2.24, 2.45) is 33.7 Å². The molecule has 6 heterocycles. The molecule has 9 rings (SSSR count). The topological polar surface area (TPSA) is 288 Å². The number of phenolic OH excluding ortho intramolecular Hbond substituents is 2. The zero-order chi connectivity index (χ0) is 56.1. The molecule has 1 amide bonds. The monoisotopic (exact) mass is 1080 g/mol. The summed E-state index contributed by atoms with van der Waals surface area (Å²) in [6.45, 7) is 15.3. The SMILES string of the molecule is CO[C@H]1/C=C/O[C@@]2(C)Oc3c(C)c(O)c4c(O)c(c5c(c4c3C2=O)=NC2(CCN(Cc3cccc(COC4COc6nc([N+](=O)[O-])cn6C4)c3)CC2)N=5)NC(=O)/C(C)=C\C=C\[C@H](C)[C@H](O)[C@@H](C)[C@@H](O)[C@@H](C)[C@H](OC(C)=O)[C@@H]1C. The number of allylic oxidation sites excluding steroid dienone is 2. The van der Waals surface area contributed by atoms with Crippen molar-refractivity contribution < 1.29 is 68.2 Å². The zero-order valence-electron chi connectivity index (χ0n) is 45.1. The predicted molar refractivity (Wildman–Crippen MR) is 281 cm³/mol. The van der Waals surface area contributed by atoms with E-state index in [2.05, 4.69) is 21.3 Å². The molecule has 4 aromatic rings. The van der Waals surface area contributed by atoms with Crippen molar-refractivity contribution in [3.8, 4) is 23.3 Å². The van der Waals surface area contributed by atoms with E-state index in [1.807, 2.05) is 18.2 Å². The molecule has 1 aromatic heterocycles. The van der Waals surface area contributed by atoms with Crippen LogP contribution in [0.1, 0.15) is 88.4 Å². The van der Waals surface area contributed by atoms with Crippen molar-refractivity contribution in [3.63, 3.8) is 0 Å². The van der Waals surface area contributed by atoms with Gasteiger partial charge in [-0.3, -0.25) is 33.8 Å². The van der Waals surface area contributed by atoms with Crippen LogP contribution in [0.4, 0.5) is 11.5 Å². The molecule has 5 N–H and O–H groups in total. The quantitative estimate of drug-likeness (QED) is 0.0641. The number of Topliss-reactive ketones (excluding diaryl/α,β-unsaturated/α-hetero) is 1. The van der Waals surface area contributed by atoms with Crippen molar-refractivity contribution in [1.82, 2.24) is 14.5 Å². The highest BCUT2D eigenvalue weighted by atomic mass is 16.7. The van der Waals surface area contributed by atoms with E-state index in [0.717, 1.165) is 11.1 Å². The maximum atomic E-state index is 15.0. The van der Waals surface area contributed by atoms with E-state index in [-0.39, 0.29) is 80.8 Å². The third-order valence-electron chi connectivity index (χ3n) is 15.9. The average molecular weight is 1080 g/mol. The van der Waals surface area contributed by atoms with Crippen LogP contribution in [0.15, 0.2) is 76.6 Å². The van der Waals surface area contributed by atoms with Crippen LogP contribution < -0.4 is 25.5 Å². The highest BCUT2D eigenvalue weighted by Crippen LogP contribution is 2.50. The van der Waals surface area contributed by atoms with Crippen LogP contribution in [0.2, 0.25) is 0 Å². The molecule has 5 aliphatic rings. The predicted octanol–water partition coefficient (Wildman–Crippen LogP) is 5.38. The van der Waals surface area contributed by atoms with Crippen LogP contribution in [0.3, 0.4) is 0 Å². The fourth-order valence-corrected chi connectivity index (χ4v) is 11.2. The summed E-state index contributed by atoms with van der Waals surface area (Å²) in [5.41, 5.74) is 1.06. The van der Waals surface area contributed by atoms with Crippen molar-refractivity contribution in [3.05, 3.63) is 110 Å². The number of hydrogen-bond acceptors (Lipinski definition) is 19. The number of rotatable bonds is 8. The van der Waals surface area contributed by atoms with E-state index < -0.39 is 93.6 Å². The van der Waals surface area contributed by atoms with Gasteiger partial charge >= 0.3 is 23.6 Å². The first-order chi connectivity index (χ1) is 37.0. The molecule has 4 bridgehead atoms. The van der Waals surface area contributed by atoms with Gasteiger partial charge in [-0.1, -0.05) is 70.2 Å². The first-order valence-electron chi connectivity index (χ1n) is 26.1. The lowest BCUT2D eigenvalue weighted by molar-refractivity contribution is -0.389. The number of carbonyl (C=O) groups is 3. The van der Waals surface area contributed by atoms with Crippen molar-refractivity contribution in [1.29, 1.82) is 0 Å². The van der Waals surface area contributed by atoms with Gasteiger partial charge in [-0.15, -0.1) is 0 Å². The number of aliphatic hydroxyl groups is 2. The Kier molecular flexibility index (Phi) is 15.6. The number of ketones is 1. The molecule has 22 heteroatoms.